The van der Waals surface area contributed by atoms with E-state index in [-0.39, 0.29) is 0 Å². The molecule has 6 nitrogen and oxygen atoms in total. The van der Waals surface area contributed by atoms with Gasteiger partial charge in [-0.05, 0) is 38.9 Å². The molecule has 2 heterocycles. The third-order valence-electron chi connectivity index (χ3n) is 4.35. The Labute approximate surface area is 130 Å². The van der Waals surface area contributed by atoms with E-state index in [1.165, 1.54) is 58.5 Å². The number of nitrogens with one attached hydrogen (secondary N) is 4. The molecular weight excluding hydrogens is 264 g/mol. The van der Waals surface area contributed by atoms with Crippen molar-refractivity contribution in [3.8, 4) is 0 Å². The van der Waals surface area contributed by atoms with Crippen molar-refractivity contribution >= 4 is 0 Å². The molecule has 2 rings (SSSR count). The van der Waals surface area contributed by atoms with Crippen LogP contribution in [0, 0.1) is 0 Å². The summed E-state index contributed by atoms with van der Waals surface area (Å²) in [5.41, 5.74) is 6.71. The zero-order valence-corrected chi connectivity index (χ0v) is 13.5. The lowest BCUT2D eigenvalue weighted by Crippen LogP contribution is -2.44. The van der Waals surface area contributed by atoms with Crippen LogP contribution in [-0.2, 0) is 0 Å². The molecule has 0 saturated carbocycles. The molecule has 21 heavy (non-hydrogen) atoms. The van der Waals surface area contributed by atoms with Gasteiger partial charge in [0.25, 0.3) is 0 Å². The van der Waals surface area contributed by atoms with E-state index in [0.29, 0.717) is 0 Å². The van der Waals surface area contributed by atoms with Gasteiger partial charge in [0.15, 0.2) is 0 Å². The molecule has 0 unspecified atom stereocenters. The second-order valence-electron chi connectivity index (χ2n) is 6.10. The van der Waals surface area contributed by atoms with Gasteiger partial charge < -0.3 is 20.4 Å². The minimum atomic E-state index is 1.04. The van der Waals surface area contributed by atoms with Crippen LogP contribution in [0.3, 0.4) is 0 Å². The van der Waals surface area contributed by atoms with E-state index in [1.54, 1.807) is 0 Å². The lowest BCUT2D eigenvalue weighted by molar-refractivity contribution is 0.235. The van der Waals surface area contributed by atoms with Gasteiger partial charge in [0, 0.05) is 58.9 Å². The van der Waals surface area contributed by atoms with Crippen LogP contribution in [0.15, 0.2) is 0 Å². The first kappa shape index (κ1) is 17.1. The highest BCUT2D eigenvalue weighted by Crippen LogP contribution is 1.96. The molecule has 0 amide bonds. The van der Waals surface area contributed by atoms with Crippen molar-refractivity contribution in [2.45, 2.75) is 19.3 Å². The smallest absolute Gasteiger partial charge is 0.0228 e. The number of nitrogens with zero attached hydrogens (tertiary/aromatic N) is 2. The molecule has 0 spiro atoms. The minimum absolute atomic E-state index is 1.04. The van der Waals surface area contributed by atoms with Gasteiger partial charge in [0.2, 0.25) is 0 Å². The zero-order chi connectivity index (χ0) is 14.6. The maximum absolute atomic E-state index is 3.44. The third-order valence-corrected chi connectivity index (χ3v) is 4.35. The van der Waals surface area contributed by atoms with Crippen LogP contribution in [0.1, 0.15) is 19.3 Å². The van der Waals surface area contributed by atoms with Crippen LogP contribution in [0.4, 0.5) is 0 Å². The summed E-state index contributed by atoms with van der Waals surface area (Å²) >= 11 is 0. The third kappa shape index (κ3) is 8.09. The van der Waals surface area contributed by atoms with Gasteiger partial charge in [-0.15, -0.1) is 0 Å². The fourth-order valence-corrected chi connectivity index (χ4v) is 3.00. The first-order valence-electron chi connectivity index (χ1n) is 8.77. The summed E-state index contributed by atoms with van der Waals surface area (Å²) in [6.45, 7) is 14.0. The van der Waals surface area contributed by atoms with Crippen LogP contribution in [0.25, 0.3) is 0 Å². The predicted octanol–water partition coefficient (Wildman–Crippen LogP) is -0.939. The number of hydrogen-bond acceptors (Lipinski definition) is 6. The molecule has 0 aromatic carbocycles. The Bertz CT molecular complexity index is 236. The second kappa shape index (κ2) is 11.3. The fourth-order valence-electron chi connectivity index (χ4n) is 3.00. The van der Waals surface area contributed by atoms with Crippen molar-refractivity contribution in [2.24, 2.45) is 0 Å². The zero-order valence-electron chi connectivity index (χ0n) is 13.5. The van der Waals surface area contributed by atoms with E-state index in [9.17, 15) is 0 Å². The first-order chi connectivity index (χ1) is 10.4. The molecule has 6 heteroatoms. The highest BCUT2D eigenvalue weighted by molar-refractivity contribution is 4.68. The van der Waals surface area contributed by atoms with Crippen LogP contribution < -0.4 is 21.5 Å². The van der Waals surface area contributed by atoms with E-state index < -0.39 is 0 Å². The predicted molar refractivity (Wildman–Crippen MR) is 88.5 cm³/mol. The first-order valence-corrected chi connectivity index (χ1v) is 8.77. The Morgan fingerprint density at radius 3 is 2.14 bits per heavy atom. The number of hydrazine groups is 1. The van der Waals surface area contributed by atoms with Crippen LogP contribution >= 0.6 is 0 Å². The van der Waals surface area contributed by atoms with Crippen LogP contribution in [-0.4, -0.2) is 88.3 Å². The van der Waals surface area contributed by atoms with E-state index in [1.807, 2.05) is 0 Å². The second-order valence-corrected chi connectivity index (χ2v) is 6.10. The standard InChI is InChI=1S/C15H34N6/c1(2-10-20-13-7-17-8-14-20)5-18-19-9-15-21-11-3-4-16-6-12-21/h16-19H,1-15H2. The molecule has 0 radical (unpaired) electrons. The quantitative estimate of drug-likeness (QED) is 0.326. The lowest BCUT2D eigenvalue weighted by Gasteiger charge is -2.27. The van der Waals surface area contributed by atoms with Crippen molar-refractivity contribution in [1.82, 2.24) is 31.3 Å². The Hall–Kier alpha value is -0.240. The van der Waals surface area contributed by atoms with Gasteiger partial charge >= 0.3 is 0 Å². The number of piperazine rings is 1. The Balaban J connectivity index is 1.34. The Morgan fingerprint density at radius 1 is 0.667 bits per heavy atom. The minimum Gasteiger partial charge on any atom is -0.315 e. The Kier molecular flexibility index (Phi) is 9.25. The van der Waals surface area contributed by atoms with Crippen molar-refractivity contribution < 1.29 is 0 Å². The van der Waals surface area contributed by atoms with Gasteiger partial charge in [0.05, 0.1) is 0 Å². The summed E-state index contributed by atoms with van der Waals surface area (Å²) < 4.78 is 0. The molecule has 0 bridgehead atoms. The van der Waals surface area contributed by atoms with Crippen molar-refractivity contribution in [2.75, 3.05) is 78.5 Å². The van der Waals surface area contributed by atoms with Gasteiger partial charge in [-0.3, -0.25) is 10.9 Å². The van der Waals surface area contributed by atoms with E-state index in [0.717, 1.165) is 39.3 Å². The molecule has 2 saturated heterocycles. The van der Waals surface area contributed by atoms with E-state index in [2.05, 4.69) is 31.3 Å². The SMILES string of the molecule is C(CCN1CCNCC1)CNNCCN1CCCNCC1. The molecule has 0 aromatic rings. The summed E-state index contributed by atoms with van der Waals surface area (Å²) in [6.07, 6.45) is 3.83. The van der Waals surface area contributed by atoms with Gasteiger partial charge in [-0.2, -0.15) is 0 Å². The van der Waals surface area contributed by atoms with Crippen LogP contribution in [0.2, 0.25) is 0 Å². The van der Waals surface area contributed by atoms with Crippen LogP contribution in [0.5, 0.6) is 0 Å². The molecule has 2 fully saturated rings. The largest absolute Gasteiger partial charge is 0.315 e. The summed E-state index contributed by atoms with van der Waals surface area (Å²) in [5.74, 6) is 0. The maximum Gasteiger partial charge on any atom is 0.0228 e. The molecular formula is C15H34N6. The molecule has 2 aliphatic heterocycles. The molecule has 0 aliphatic carbocycles. The average molecular weight is 298 g/mol. The van der Waals surface area contributed by atoms with Crippen molar-refractivity contribution in [3.05, 3.63) is 0 Å². The van der Waals surface area contributed by atoms with Gasteiger partial charge in [-0.1, -0.05) is 0 Å². The fraction of sp³-hybridized carbons (Fsp3) is 1.00. The highest BCUT2D eigenvalue weighted by Gasteiger charge is 2.08. The van der Waals surface area contributed by atoms with Crippen molar-refractivity contribution in [3.63, 3.8) is 0 Å². The summed E-state index contributed by atoms with van der Waals surface area (Å²) in [7, 11) is 0. The van der Waals surface area contributed by atoms with E-state index >= 15 is 0 Å². The van der Waals surface area contributed by atoms with Gasteiger partial charge in [-0.25, -0.2) is 0 Å². The van der Waals surface area contributed by atoms with Crippen molar-refractivity contribution in [1.29, 1.82) is 0 Å². The Morgan fingerprint density at radius 2 is 1.33 bits per heavy atom. The lowest BCUT2D eigenvalue weighted by atomic mass is 10.2. The van der Waals surface area contributed by atoms with Gasteiger partial charge in [0.1, 0.15) is 0 Å². The summed E-state index contributed by atoms with van der Waals surface area (Å²) in [4.78, 5) is 5.11. The number of rotatable bonds is 9. The topological polar surface area (TPSA) is 54.6 Å². The molecule has 0 aromatic heterocycles. The molecule has 124 valence electrons. The average Bonchev–Trinajstić information content (AvgIpc) is 2.80. The molecule has 0 atom stereocenters. The molecule has 4 N–H and O–H groups in total. The maximum atomic E-state index is 3.44. The molecule has 2 aliphatic rings. The number of unbranched alkanes of at least 4 members (excludes halogenated alkanes) is 1. The highest BCUT2D eigenvalue weighted by atomic mass is 15.4. The van der Waals surface area contributed by atoms with E-state index in [4.69, 9.17) is 0 Å². The monoisotopic (exact) mass is 298 g/mol. The normalized spacial score (nSPS) is 22.3. The number of hydrogen-bond donors (Lipinski definition) is 4. The summed E-state index contributed by atoms with van der Waals surface area (Å²) in [5, 5.41) is 6.84. The summed E-state index contributed by atoms with van der Waals surface area (Å²) in [6, 6.07) is 0.